The van der Waals surface area contributed by atoms with E-state index < -0.39 is 0 Å². The lowest BCUT2D eigenvalue weighted by atomic mass is 9.87. The SMILES string of the molecule is O=C(N[C@H]1C[C@H]2CC[C@H]1C2)C1CCCCC1. The van der Waals surface area contributed by atoms with E-state index in [0.717, 1.165) is 24.7 Å². The van der Waals surface area contributed by atoms with Crippen molar-refractivity contribution in [2.75, 3.05) is 0 Å². The molecule has 2 bridgehead atoms. The van der Waals surface area contributed by atoms with Gasteiger partial charge >= 0.3 is 0 Å². The van der Waals surface area contributed by atoms with Gasteiger partial charge in [-0.15, -0.1) is 0 Å². The Bertz CT molecular complexity index is 270. The number of carbonyl (C=O) groups excluding carboxylic acids is 1. The zero-order valence-corrected chi connectivity index (χ0v) is 10.1. The molecular formula is C14H23NO. The number of fused-ring (bicyclic) bond motifs is 2. The second kappa shape index (κ2) is 4.38. The Balaban J connectivity index is 1.52. The maximum Gasteiger partial charge on any atom is 0.223 e. The van der Waals surface area contributed by atoms with E-state index in [2.05, 4.69) is 5.32 Å². The summed E-state index contributed by atoms with van der Waals surface area (Å²) in [6.07, 6.45) is 11.5. The molecule has 0 saturated heterocycles. The first-order valence-electron chi connectivity index (χ1n) is 7.13. The smallest absolute Gasteiger partial charge is 0.223 e. The molecule has 3 saturated carbocycles. The van der Waals surface area contributed by atoms with E-state index in [9.17, 15) is 4.79 Å². The Morgan fingerprint density at radius 1 is 0.938 bits per heavy atom. The molecule has 1 N–H and O–H groups in total. The monoisotopic (exact) mass is 221 g/mol. The lowest BCUT2D eigenvalue weighted by molar-refractivity contribution is -0.127. The highest BCUT2D eigenvalue weighted by atomic mass is 16.1. The fraction of sp³-hybridized carbons (Fsp3) is 0.929. The molecule has 3 aliphatic carbocycles. The van der Waals surface area contributed by atoms with E-state index in [1.807, 2.05) is 0 Å². The minimum atomic E-state index is 0.341. The van der Waals surface area contributed by atoms with Crippen molar-refractivity contribution < 1.29 is 4.79 Å². The molecule has 3 aliphatic rings. The Morgan fingerprint density at radius 3 is 2.38 bits per heavy atom. The number of carbonyl (C=O) groups is 1. The van der Waals surface area contributed by atoms with Gasteiger partial charge in [0.1, 0.15) is 0 Å². The Hall–Kier alpha value is -0.530. The summed E-state index contributed by atoms with van der Waals surface area (Å²) in [7, 11) is 0. The van der Waals surface area contributed by atoms with E-state index in [1.54, 1.807) is 0 Å². The number of rotatable bonds is 2. The zero-order chi connectivity index (χ0) is 11.0. The summed E-state index contributed by atoms with van der Waals surface area (Å²) in [6.45, 7) is 0. The first kappa shape index (κ1) is 10.6. The van der Waals surface area contributed by atoms with E-state index >= 15 is 0 Å². The lowest BCUT2D eigenvalue weighted by Gasteiger charge is -2.27. The lowest BCUT2D eigenvalue weighted by Crippen LogP contribution is -2.42. The Labute approximate surface area is 98.2 Å². The van der Waals surface area contributed by atoms with Crippen molar-refractivity contribution in [3.8, 4) is 0 Å². The highest BCUT2D eigenvalue weighted by Gasteiger charge is 2.40. The molecule has 2 heteroatoms. The van der Waals surface area contributed by atoms with E-state index in [-0.39, 0.29) is 0 Å². The number of nitrogens with one attached hydrogen (secondary N) is 1. The third kappa shape index (κ3) is 1.99. The summed E-state index contributed by atoms with van der Waals surface area (Å²) >= 11 is 0. The molecule has 0 unspecified atom stereocenters. The Morgan fingerprint density at radius 2 is 1.75 bits per heavy atom. The maximum absolute atomic E-state index is 12.1. The van der Waals surface area contributed by atoms with Gasteiger partial charge in [0.25, 0.3) is 0 Å². The summed E-state index contributed by atoms with van der Waals surface area (Å²) in [5, 5.41) is 3.34. The van der Waals surface area contributed by atoms with Gasteiger partial charge in [0.2, 0.25) is 5.91 Å². The third-order valence-corrected chi connectivity index (χ3v) is 5.04. The molecule has 0 aromatic heterocycles. The minimum absolute atomic E-state index is 0.341. The van der Waals surface area contributed by atoms with Crippen LogP contribution in [-0.4, -0.2) is 11.9 Å². The topological polar surface area (TPSA) is 29.1 Å². The summed E-state index contributed by atoms with van der Waals surface area (Å²) in [6, 6.07) is 0.535. The van der Waals surface area contributed by atoms with Gasteiger partial charge in [-0.2, -0.15) is 0 Å². The van der Waals surface area contributed by atoms with Crippen LogP contribution >= 0.6 is 0 Å². The molecule has 90 valence electrons. The molecule has 0 radical (unpaired) electrons. The molecule has 1 amide bonds. The van der Waals surface area contributed by atoms with Crippen molar-refractivity contribution in [2.24, 2.45) is 17.8 Å². The van der Waals surface area contributed by atoms with Crippen LogP contribution in [-0.2, 0) is 4.79 Å². The van der Waals surface area contributed by atoms with E-state index in [0.29, 0.717) is 17.9 Å². The predicted octanol–water partition coefficient (Wildman–Crippen LogP) is 2.87. The molecule has 0 spiro atoms. The molecule has 0 heterocycles. The predicted molar refractivity (Wildman–Crippen MR) is 64.0 cm³/mol. The Kier molecular flexibility index (Phi) is 2.91. The van der Waals surface area contributed by atoms with Crippen LogP contribution in [0, 0.1) is 17.8 Å². The zero-order valence-electron chi connectivity index (χ0n) is 10.1. The average molecular weight is 221 g/mol. The van der Waals surface area contributed by atoms with Crippen LogP contribution in [0.5, 0.6) is 0 Å². The van der Waals surface area contributed by atoms with Gasteiger partial charge < -0.3 is 5.32 Å². The van der Waals surface area contributed by atoms with E-state index in [4.69, 9.17) is 0 Å². The van der Waals surface area contributed by atoms with Gasteiger partial charge in [-0.3, -0.25) is 4.79 Å². The van der Waals surface area contributed by atoms with Crippen molar-refractivity contribution in [1.29, 1.82) is 0 Å². The molecule has 3 rings (SSSR count). The second-order valence-corrected chi connectivity index (χ2v) is 6.12. The van der Waals surface area contributed by atoms with Crippen LogP contribution in [0.25, 0.3) is 0 Å². The van der Waals surface area contributed by atoms with Crippen LogP contribution in [0.2, 0.25) is 0 Å². The molecule has 0 aromatic rings. The largest absolute Gasteiger partial charge is 0.353 e. The highest BCUT2D eigenvalue weighted by molar-refractivity contribution is 5.79. The van der Waals surface area contributed by atoms with Gasteiger partial charge in [0, 0.05) is 12.0 Å². The number of hydrogen-bond donors (Lipinski definition) is 1. The van der Waals surface area contributed by atoms with Crippen molar-refractivity contribution in [1.82, 2.24) is 5.32 Å². The molecule has 3 atom stereocenters. The summed E-state index contributed by atoms with van der Waals surface area (Å²) in [5.74, 6) is 2.46. The van der Waals surface area contributed by atoms with Gasteiger partial charge in [-0.1, -0.05) is 25.7 Å². The number of amides is 1. The van der Waals surface area contributed by atoms with Crippen LogP contribution in [0.1, 0.15) is 57.8 Å². The molecule has 0 aliphatic heterocycles. The molecule has 3 fully saturated rings. The summed E-state index contributed by atoms with van der Waals surface area (Å²) in [4.78, 5) is 12.1. The van der Waals surface area contributed by atoms with Crippen molar-refractivity contribution in [2.45, 2.75) is 63.8 Å². The fourth-order valence-corrected chi connectivity index (χ4v) is 4.09. The van der Waals surface area contributed by atoms with E-state index in [1.165, 1.54) is 44.9 Å². The van der Waals surface area contributed by atoms with Crippen LogP contribution < -0.4 is 5.32 Å². The maximum atomic E-state index is 12.1. The van der Waals surface area contributed by atoms with Crippen molar-refractivity contribution in [3.63, 3.8) is 0 Å². The molecule has 2 nitrogen and oxygen atoms in total. The van der Waals surface area contributed by atoms with Crippen LogP contribution in [0.15, 0.2) is 0 Å². The standard InChI is InChI=1S/C14H23NO/c16-14(11-4-2-1-3-5-11)15-13-9-10-6-7-12(13)8-10/h10-13H,1-9H2,(H,15,16)/t10-,12-,13-/m0/s1. The number of hydrogen-bond acceptors (Lipinski definition) is 1. The second-order valence-electron chi connectivity index (χ2n) is 6.12. The first-order valence-corrected chi connectivity index (χ1v) is 7.13. The summed E-state index contributed by atoms with van der Waals surface area (Å²) < 4.78 is 0. The average Bonchev–Trinajstić information content (AvgIpc) is 2.92. The quantitative estimate of drug-likeness (QED) is 0.763. The van der Waals surface area contributed by atoms with Crippen LogP contribution in [0.4, 0.5) is 0 Å². The van der Waals surface area contributed by atoms with Gasteiger partial charge in [-0.25, -0.2) is 0 Å². The first-order chi connectivity index (χ1) is 7.83. The van der Waals surface area contributed by atoms with Crippen molar-refractivity contribution >= 4 is 5.91 Å². The molecule has 16 heavy (non-hydrogen) atoms. The molecule has 0 aromatic carbocycles. The van der Waals surface area contributed by atoms with Gasteiger partial charge in [0.05, 0.1) is 0 Å². The van der Waals surface area contributed by atoms with Gasteiger partial charge in [-0.05, 0) is 43.9 Å². The minimum Gasteiger partial charge on any atom is -0.353 e. The molecular weight excluding hydrogens is 198 g/mol. The van der Waals surface area contributed by atoms with Crippen LogP contribution in [0.3, 0.4) is 0 Å². The fourth-order valence-electron chi connectivity index (χ4n) is 4.09. The summed E-state index contributed by atoms with van der Waals surface area (Å²) in [5.41, 5.74) is 0. The normalized spacial score (nSPS) is 38.9. The highest BCUT2D eigenvalue weighted by Crippen LogP contribution is 2.44. The van der Waals surface area contributed by atoms with Crippen molar-refractivity contribution in [3.05, 3.63) is 0 Å². The van der Waals surface area contributed by atoms with Gasteiger partial charge in [0.15, 0.2) is 0 Å². The third-order valence-electron chi connectivity index (χ3n) is 5.04.